The van der Waals surface area contributed by atoms with Crippen molar-refractivity contribution in [2.45, 2.75) is 13.3 Å². The summed E-state index contributed by atoms with van der Waals surface area (Å²) in [4.78, 5) is 23.7. The molecule has 0 radical (unpaired) electrons. The van der Waals surface area contributed by atoms with Crippen LogP contribution in [0.1, 0.15) is 11.1 Å². The van der Waals surface area contributed by atoms with Gasteiger partial charge >= 0.3 is 0 Å². The van der Waals surface area contributed by atoms with Crippen molar-refractivity contribution in [3.8, 4) is 11.1 Å². The fourth-order valence-corrected chi connectivity index (χ4v) is 2.66. The van der Waals surface area contributed by atoms with Crippen LogP contribution in [0, 0.1) is 6.92 Å². The Labute approximate surface area is 139 Å². The second kappa shape index (κ2) is 6.39. The number of anilines is 1. The molecule has 3 rings (SSSR count). The maximum absolute atomic E-state index is 11.8. The van der Waals surface area contributed by atoms with E-state index in [1.807, 2.05) is 6.92 Å². The van der Waals surface area contributed by atoms with Gasteiger partial charge in [0, 0.05) is 11.6 Å². The fraction of sp³-hybridized carbons (Fsp3) is 0.158. The molecule has 0 aromatic heterocycles. The van der Waals surface area contributed by atoms with Gasteiger partial charge in [0.25, 0.3) is 0 Å². The third kappa shape index (κ3) is 3.20. The summed E-state index contributed by atoms with van der Waals surface area (Å²) < 4.78 is 0. The zero-order valence-corrected chi connectivity index (χ0v) is 13.5. The lowest BCUT2D eigenvalue weighted by Crippen LogP contribution is -2.36. The first-order valence-electron chi connectivity index (χ1n) is 7.45. The summed E-state index contributed by atoms with van der Waals surface area (Å²) >= 11 is 5.86. The summed E-state index contributed by atoms with van der Waals surface area (Å²) in [6.07, 6.45) is 0.791. The number of aryl methyl sites for hydroxylation is 1. The molecular weight excluding hydrogens is 310 g/mol. The van der Waals surface area contributed by atoms with Crippen LogP contribution in [0.4, 0.5) is 5.69 Å². The van der Waals surface area contributed by atoms with Crippen molar-refractivity contribution in [3.63, 3.8) is 0 Å². The Morgan fingerprint density at radius 3 is 2.22 bits per heavy atom. The van der Waals surface area contributed by atoms with E-state index in [9.17, 15) is 9.59 Å². The van der Waals surface area contributed by atoms with Crippen molar-refractivity contribution in [1.29, 1.82) is 0 Å². The molecule has 0 bridgehead atoms. The van der Waals surface area contributed by atoms with Crippen molar-refractivity contribution in [3.05, 3.63) is 85.1 Å². The van der Waals surface area contributed by atoms with Crippen LogP contribution in [0.3, 0.4) is 0 Å². The maximum atomic E-state index is 11.8. The lowest BCUT2D eigenvalue weighted by atomic mass is 9.98. The predicted octanol–water partition coefficient (Wildman–Crippen LogP) is 3.57. The fourth-order valence-electron chi connectivity index (χ4n) is 2.54. The van der Waals surface area contributed by atoms with Crippen molar-refractivity contribution in [2.75, 3.05) is 11.9 Å². The van der Waals surface area contributed by atoms with E-state index >= 15 is 0 Å². The van der Waals surface area contributed by atoms with Crippen LogP contribution >= 0.6 is 11.6 Å². The molecule has 23 heavy (non-hydrogen) atoms. The number of hydrogen-bond donors (Lipinski definition) is 1. The molecule has 3 aromatic rings. The molecular formula is C19H16ClNO2. The minimum atomic E-state index is -0.446. The van der Waals surface area contributed by atoms with Crippen LogP contribution in [0.5, 0.6) is 0 Å². The van der Waals surface area contributed by atoms with Crippen LogP contribution in [-0.4, -0.2) is 6.54 Å². The summed E-state index contributed by atoms with van der Waals surface area (Å²) in [5, 5.41) is 3.70. The van der Waals surface area contributed by atoms with Crippen molar-refractivity contribution >= 4 is 17.3 Å². The number of halogens is 1. The SMILES string of the molecule is Cc1ccc(CCNc2c(-c3ccc(Cl)cc3)c(=O)c2=O)cc1. The molecule has 0 spiro atoms. The van der Waals surface area contributed by atoms with Gasteiger partial charge in [-0.15, -0.1) is 0 Å². The highest BCUT2D eigenvalue weighted by molar-refractivity contribution is 6.30. The van der Waals surface area contributed by atoms with Gasteiger partial charge in [-0.1, -0.05) is 53.6 Å². The van der Waals surface area contributed by atoms with Crippen molar-refractivity contribution in [1.82, 2.24) is 0 Å². The highest BCUT2D eigenvalue weighted by Crippen LogP contribution is 2.24. The third-order valence-electron chi connectivity index (χ3n) is 3.88. The number of benzene rings is 2. The highest BCUT2D eigenvalue weighted by atomic mass is 35.5. The Balaban J connectivity index is 1.73. The van der Waals surface area contributed by atoms with E-state index < -0.39 is 10.9 Å². The summed E-state index contributed by atoms with van der Waals surface area (Å²) in [7, 11) is 0. The quantitative estimate of drug-likeness (QED) is 0.729. The number of rotatable bonds is 5. The standard InChI is InChI=1S/C19H16ClNO2/c1-12-2-4-13(5-3-12)10-11-21-17-16(18(22)19(17)23)14-6-8-15(20)9-7-14/h2-9,21H,10-11H2,1H3. The van der Waals surface area contributed by atoms with Gasteiger partial charge in [0.2, 0.25) is 10.9 Å². The zero-order valence-electron chi connectivity index (χ0n) is 12.7. The van der Waals surface area contributed by atoms with Gasteiger partial charge in [-0.2, -0.15) is 0 Å². The first kappa shape index (κ1) is 15.5. The molecule has 1 N–H and O–H groups in total. The minimum Gasteiger partial charge on any atom is -0.381 e. The van der Waals surface area contributed by atoms with Crippen LogP contribution < -0.4 is 16.2 Å². The van der Waals surface area contributed by atoms with Gasteiger partial charge in [-0.3, -0.25) is 9.59 Å². The van der Waals surface area contributed by atoms with Gasteiger partial charge in [0.1, 0.15) is 0 Å². The Bertz CT molecular complexity index is 889. The molecule has 3 nitrogen and oxygen atoms in total. The molecule has 0 saturated heterocycles. The summed E-state index contributed by atoms with van der Waals surface area (Å²) in [6, 6.07) is 15.2. The molecule has 0 heterocycles. The van der Waals surface area contributed by atoms with E-state index in [-0.39, 0.29) is 0 Å². The number of hydrogen-bond acceptors (Lipinski definition) is 3. The zero-order chi connectivity index (χ0) is 16.4. The molecule has 0 atom stereocenters. The monoisotopic (exact) mass is 325 g/mol. The molecule has 3 aromatic carbocycles. The van der Waals surface area contributed by atoms with E-state index in [1.165, 1.54) is 11.1 Å². The van der Waals surface area contributed by atoms with Crippen molar-refractivity contribution in [2.24, 2.45) is 0 Å². The molecule has 0 aliphatic rings. The summed E-state index contributed by atoms with van der Waals surface area (Å²) in [5.41, 5.74) is 3.10. The molecule has 0 unspecified atom stereocenters. The smallest absolute Gasteiger partial charge is 0.250 e. The van der Waals surface area contributed by atoms with Gasteiger partial charge < -0.3 is 5.32 Å². The molecule has 0 aliphatic heterocycles. The molecule has 4 heteroatoms. The highest BCUT2D eigenvalue weighted by Gasteiger charge is 2.21. The topological polar surface area (TPSA) is 46.2 Å². The lowest BCUT2D eigenvalue weighted by Gasteiger charge is -2.13. The molecule has 0 fully saturated rings. The summed E-state index contributed by atoms with van der Waals surface area (Å²) in [5.74, 6) is 0. The molecule has 0 aliphatic carbocycles. The largest absolute Gasteiger partial charge is 0.381 e. The van der Waals surface area contributed by atoms with Crippen LogP contribution in [-0.2, 0) is 6.42 Å². The normalized spacial score (nSPS) is 10.9. The van der Waals surface area contributed by atoms with Crippen LogP contribution in [0.15, 0.2) is 58.1 Å². The third-order valence-corrected chi connectivity index (χ3v) is 4.13. The van der Waals surface area contributed by atoms with Crippen LogP contribution in [0.2, 0.25) is 5.02 Å². The summed E-state index contributed by atoms with van der Waals surface area (Å²) in [6.45, 7) is 2.65. The van der Waals surface area contributed by atoms with E-state index in [1.54, 1.807) is 24.3 Å². The van der Waals surface area contributed by atoms with Crippen LogP contribution in [0.25, 0.3) is 11.1 Å². The van der Waals surface area contributed by atoms with Gasteiger partial charge in [-0.25, -0.2) is 0 Å². The average molecular weight is 326 g/mol. The van der Waals surface area contributed by atoms with Gasteiger partial charge in [0.15, 0.2) is 0 Å². The number of nitrogens with one attached hydrogen (secondary N) is 1. The Morgan fingerprint density at radius 2 is 1.57 bits per heavy atom. The lowest BCUT2D eigenvalue weighted by molar-refractivity contribution is 1.01. The minimum absolute atomic E-state index is 0.407. The van der Waals surface area contributed by atoms with E-state index in [0.717, 1.165) is 12.0 Å². The first-order chi connectivity index (χ1) is 11.1. The Morgan fingerprint density at radius 1 is 0.913 bits per heavy atom. The van der Waals surface area contributed by atoms with E-state index in [0.29, 0.717) is 22.8 Å². The predicted molar refractivity (Wildman–Crippen MR) is 95.2 cm³/mol. The van der Waals surface area contributed by atoms with Gasteiger partial charge in [0.05, 0.1) is 11.3 Å². The Kier molecular flexibility index (Phi) is 4.30. The van der Waals surface area contributed by atoms with E-state index in [4.69, 9.17) is 11.6 Å². The maximum Gasteiger partial charge on any atom is 0.250 e. The second-order valence-electron chi connectivity index (χ2n) is 5.58. The first-order valence-corrected chi connectivity index (χ1v) is 7.83. The Hall–Kier alpha value is -2.39. The molecule has 116 valence electrons. The molecule has 0 saturated carbocycles. The van der Waals surface area contributed by atoms with Gasteiger partial charge in [-0.05, 0) is 36.6 Å². The van der Waals surface area contributed by atoms with E-state index in [2.05, 4.69) is 29.6 Å². The average Bonchev–Trinajstić information content (AvgIpc) is 2.56. The van der Waals surface area contributed by atoms with Crippen molar-refractivity contribution < 1.29 is 0 Å². The second-order valence-corrected chi connectivity index (χ2v) is 6.01. The molecule has 0 amide bonds.